The molecule has 38 heavy (non-hydrogen) atoms. The Kier molecular flexibility index (Phi) is 12.2. The second-order valence-electron chi connectivity index (χ2n) is 8.84. The van der Waals surface area contributed by atoms with Crippen molar-refractivity contribution in [2.75, 3.05) is 13.7 Å². The summed E-state index contributed by atoms with van der Waals surface area (Å²) in [6.45, 7) is 2.95. The molecule has 4 atom stereocenters. The summed E-state index contributed by atoms with van der Waals surface area (Å²) < 4.78 is 42.9. The van der Waals surface area contributed by atoms with Gasteiger partial charge in [0.1, 0.15) is 12.6 Å². The van der Waals surface area contributed by atoms with Gasteiger partial charge in [-0.3, -0.25) is 4.79 Å². The Hall–Kier alpha value is -3.44. The highest BCUT2D eigenvalue weighted by Crippen LogP contribution is 2.19. The Labute approximate surface area is 219 Å². The lowest BCUT2D eigenvalue weighted by Crippen LogP contribution is -2.51. The maximum Gasteiger partial charge on any atom is 0.490 e. The maximum atomic E-state index is 13.1. The predicted octanol–water partition coefficient (Wildman–Crippen LogP) is 3.49. The molecule has 1 saturated heterocycles. The van der Waals surface area contributed by atoms with E-state index < -0.39 is 30.1 Å². The van der Waals surface area contributed by atoms with Gasteiger partial charge in [-0.25, -0.2) is 9.59 Å². The first-order chi connectivity index (χ1) is 18.0. The lowest BCUT2D eigenvalue weighted by molar-refractivity contribution is -0.192. The number of rotatable bonds is 10. The van der Waals surface area contributed by atoms with Crippen molar-refractivity contribution in [1.82, 2.24) is 10.6 Å². The quantitative estimate of drug-likeness (QED) is 0.397. The van der Waals surface area contributed by atoms with E-state index in [1.165, 1.54) is 0 Å². The molecule has 1 heterocycles. The van der Waals surface area contributed by atoms with Crippen LogP contribution < -0.4 is 10.6 Å². The number of amides is 1. The van der Waals surface area contributed by atoms with Crippen LogP contribution in [0.15, 0.2) is 60.7 Å². The van der Waals surface area contributed by atoms with Crippen molar-refractivity contribution in [2.45, 2.75) is 57.2 Å². The predicted molar refractivity (Wildman–Crippen MR) is 133 cm³/mol. The van der Waals surface area contributed by atoms with Gasteiger partial charge in [-0.15, -0.1) is 0 Å². The van der Waals surface area contributed by atoms with E-state index in [1.54, 1.807) is 7.11 Å². The fraction of sp³-hybridized carbons (Fsp3) is 0.444. The number of carbonyl (C=O) groups excluding carboxylic acids is 2. The Morgan fingerprint density at radius 3 is 2.08 bits per heavy atom. The molecule has 1 aliphatic rings. The summed E-state index contributed by atoms with van der Waals surface area (Å²) >= 11 is 0. The minimum Gasteiger partial charge on any atom is -0.475 e. The molecule has 2 aromatic carbocycles. The molecule has 2 aromatic rings. The molecule has 0 bridgehead atoms. The van der Waals surface area contributed by atoms with Crippen LogP contribution in [0.3, 0.4) is 0 Å². The number of carboxylic acids is 1. The van der Waals surface area contributed by atoms with Crippen LogP contribution in [0.2, 0.25) is 0 Å². The average Bonchev–Trinajstić information content (AvgIpc) is 3.43. The van der Waals surface area contributed by atoms with Crippen LogP contribution in [0.4, 0.5) is 13.2 Å². The summed E-state index contributed by atoms with van der Waals surface area (Å²) in [6, 6.07) is 18.5. The summed E-state index contributed by atoms with van der Waals surface area (Å²) in [6.07, 6.45) is -2.92. The first-order valence-corrected chi connectivity index (χ1v) is 12.1. The van der Waals surface area contributed by atoms with Crippen molar-refractivity contribution in [3.63, 3.8) is 0 Å². The number of carboxylic acid groups (broad SMARTS) is 1. The molecule has 0 spiro atoms. The number of aliphatic carboxylic acids is 1. The molecule has 0 radical (unpaired) electrons. The molecule has 3 N–H and O–H groups in total. The molecule has 0 aliphatic carbocycles. The summed E-state index contributed by atoms with van der Waals surface area (Å²) in [7, 11) is 1.63. The number of nitrogens with one attached hydrogen (secondary N) is 2. The van der Waals surface area contributed by atoms with Crippen LogP contribution in [0, 0.1) is 5.92 Å². The van der Waals surface area contributed by atoms with Crippen LogP contribution in [0.1, 0.15) is 30.9 Å². The van der Waals surface area contributed by atoms with Gasteiger partial charge in [0.15, 0.2) is 0 Å². The molecule has 0 aromatic heterocycles. The van der Waals surface area contributed by atoms with Crippen LogP contribution in [-0.4, -0.2) is 61.0 Å². The monoisotopic (exact) mass is 538 g/mol. The van der Waals surface area contributed by atoms with E-state index in [4.69, 9.17) is 19.4 Å². The summed E-state index contributed by atoms with van der Waals surface area (Å²) in [5.41, 5.74) is 1.86. The van der Waals surface area contributed by atoms with Crippen molar-refractivity contribution < 1.29 is 42.1 Å². The van der Waals surface area contributed by atoms with Crippen molar-refractivity contribution >= 4 is 17.8 Å². The highest BCUT2D eigenvalue weighted by Gasteiger charge is 2.38. The Morgan fingerprint density at radius 2 is 1.61 bits per heavy atom. The van der Waals surface area contributed by atoms with E-state index in [2.05, 4.69) is 10.6 Å². The molecule has 1 fully saturated rings. The molecular formula is C27H33F3N2O6. The summed E-state index contributed by atoms with van der Waals surface area (Å²) in [5.74, 6) is -3.81. The Morgan fingerprint density at radius 1 is 1.05 bits per heavy atom. The SMILES string of the molecule is COC([C@@H]1CCCN1)[C@@H](C)C(=O)N[C@@H](Cc1ccccc1)C(=O)OCc1ccccc1.O=C(O)C(F)(F)F. The normalized spacial score (nSPS) is 17.3. The first kappa shape index (κ1) is 30.8. The van der Waals surface area contributed by atoms with E-state index in [9.17, 15) is 22.8 Å². The third-order valence-corrected chi connectivity index (χ3v) is 6.02. The fourth-order valence-corrected chi connectivity index (χ4v) is 4.03. The van der Waals surface area contributed by atoms with E-state index >= 15 is 0 Å². The zero-order valence-electron chi connectivity index (χ0n) is 21.2. The summed E-state index contributed by atoms with van der Waals surface area (Å²) in [5, 5.41) is 13.4. The molecule has 1 amide bonds. The molecule has 1 aliphatic heterocycles. The van der Waals surface area contributed by atoms with Crippen molar-refractivity contribution in [1.29, 1.82) is 0 Å². The highest BCUT2D eigenvalue weighted by molar-refractivity contribution is 5.86. The van der Waals surface area contributed by atoms with E-state index in [1.807, 2.05) is 67.6 Å². The van der Waals surface area contributed by atoms with Gasteiger partial charge in [0.25, 0.3) is 0 Å². The Balaban J connectivity index is 0.000000638. The second-order valence-corrected chi connectivity index (χ2v) is 8.84. The number of halogens is 3. The molecular weight excluding hydrogens is 505 g/mol. The van der Waals surface area contributed by atoms with Crippen LogP contribution in [-0.2, 0) is 36.9 Å². The van der Waals surface area contributed by atoms with Gasteiger partial charge in [-0.1, -0.05) is 67.6 Å². The standard InChI is InChI=1S/C25H32N2O4.C2HF3O2/c1-18(23(30-2)21-14-9-15-26-21)24(28)27-22(16-19-10-5-3-6-11-19)25(29)31-17-20-12-7-4-8-13-20;3-2(4,5)1(6)7/h3-8,10-13,18,21-23,26H,9,14-17H2,1-2H3,(H,27,28);(H,6,7)/t18-,21+,22+,23?;/m1./s1. The van der Waals surface area contributed by atoms with Gasteiger partial charge in [0, 0.05) is 19.6 Å². The molecule has 1 unspecified atom stereocenters. The number of hydrogen-bond donors (Lipinski definition) is 3. The maximum absolute atomic E-state index is 13.1. The molecule has 208 valence electrons. The number of hydrogen-bond acceptors (Lipinski definition) is 6. The number of esters is 1. The number of alkyl halides is 3. The summed E-state index contributed by atoms with van der Waals surface area (Å²) in [4.78, 5) is 34.8. The van der Waals surface area contributed by atoms with Gasteiger partial charge in [0.2, 0.25) is 5.91 Å². The van der Waals surface area contributed by atoms with Crippen molar-refractivity contribution in [3.05, 3.63) is 71.8 Å². The van der Waals surface area contributed by atoms with Crippen molar-refractivity contribution in [2.24, 2.45) is 5.92 Å². The zero-order chi connectivity index (χ0) is 28.1. The van der Waals surface area contributed by atoms with Gasteiger partial charge in [0.05, 0.1) is 12.0 Å². The van der Waals surface area contributed by atoms with E-state index in [0.29, 0.717) is 6.42 Å². The van der Waals surface area contributed by atoms with Gasteiger partial charge in [-0.2, -0.15) is 13.2 Å². The smallest absolute Gasteiger partial charge is 0.475 e. The van der Waals surface area contributed by atoms with E-state index in [0.717, 1.165) is 30.5 Å². The lowest BCUT2D eigenvalue weighted by Gasteiger charge is -2.29. The molecule has 8 nitrogen and oxygen atoms in total. The van der Waals surface area contributed by atoms with Crippen LogP contribution >= 0.6 is 0 Å². The van der Waals surface area contributed by atoms with Crippen LogP contribution in [0.25, 0.3) is 0 Å². The zero-order valence-corrected chi connectivity index (χ0v) is 21.2. The third kappa shape index (κ3) is 10.1. The Bertz CT molecular complexity index is 1010. The largest absolute Gasteiger partial charge is 0.490 e. The second kappa shape index (κ2) is 15.1. The van der Waals surface area contributed by atoms with Gasteiger partial charge >= 0.3 is 18.1 Å². The minimum absolute atomic E-state index is 0.142. The van der Waals surface area contributed by atoms with Crippen LogP contribution in [0.5, 0.6) is 0 Å². The number of ether oxygens (including phenoxy) is 2. The molecule has 3 rings (SSSR count). The third-order valence-electron chi connectivity index (χ3n) is 6.02. The fourth-order valence-electron chi connectivity index (χ4n) is 4.03. The molecule has 11 heteroatoms. The van der Waals surface area contributed by atoms with Crippen molar-refractivity contribution in [3.8, 4) is 0 Å². The lowest BCUT2D eigenvalue weighted by atomic mass is 9.95. The number of carbonyl (C=O) groups is 3. The number of methoxy groups -OCH3 is 1. The van der Waals surface area contributed by atoms with Gasteiger partial charge < -0.3 is 25.2 Å². The average molecular weight is 539 g/mol. The number of benzene rings is 2. The van der Waals surface area contributed by atoms with E-state index in [-0.39, 0.29) is 24.7 Å². The first-order valence-electron chi connectivity index (χ1n) is 12.1. The minimum atomic E-state index is -5.08. The van der Waals surface area contributed by atoms with Gasteiger partial charge in [-0.05, 0) is 30.5 Å². The highest BCUT2D eigenvalue weighted by atomic mass is 19.4. The topological polar surface area (TPSA) is 114 Å². The molecule has 0 saturated carbocycles.